The van der Waals surface area contributed by atoms with Crippen LogP contribution in [0.5, 0.6) is 0 Å². The molecule has 1 amide bonds. The molecule has 2 heterocycles. The average molecular weight is 328 g/mol. The van der Waals surface area contributed by atoms with E-state index in [2.05, 4.69) is 15.2 Å². The second kappa shape index (κ2) is 7.38. The molecule has 1 atom stereocenters. The molecule has 1 unspecified atom stereocenters. The van der Waals surface area contributed by atoms with Crippen molar-refractivity contribution in [3.05, 3.63) is 36.1 Å². The molecule has 1 aromatic carbocycles. The molecule has 1 fully saturated rings. The van der Waals surface area contributed by atoms with Gasteiger partial charge in [-0.2, -0.15) is 0 Å². The molecule has 3 rings (SSSR count). The van der Waals surface area contributed by atoms with Crippen LogP contribution in [0.3, 0.4) is 0 Å². The van der Waals surface area contributed by atoms with Crippen LogP contribution >= 0.6 is 0 Å². The van der Waals surface area contributed by atoms with Gasteiger partial charge < -0.3 is 20.4 Å². The summed E-state index contributed by atoms with van der Waals surface area (Å²) in [6.45, 7) is 2.33. The fourth-order valence-electron chi connectivity index (χ4n) is 3.33. The number of fused-ring (bicyclic) bond motifs is 1. The maximum atomic E-state index is 11.2. The summed E-state index contributed by atoms with van der Waals surface area (Å²) in [7, 11) is 1.78. The normalized spacial score (nSPS) is 18.8. The zero-order valence-corrected chi connectivity index (χ0v) is 14.0. The number of furan rings is 1. The average Bonchev–Trinajstić information content (AvgIpc) is 2.98. The first-order valence-corrected chi connectivity index (χ1v) is 8.37. The second-order valence-electron chi connectivity index (χ2n) is 6.28. The molecular formula is C18H24N4O2. The Morgan fingerprint density at radius 3 is 3.04 bits per heavy atom. The Labute approximate surface area is 141 Å². The first-order chi connectivity index (χ1) is 11.7. The van der Waals surface area contributed by atoms with E-state index in [1.807, 2.05) is 30.3 Å². The molecular weight excluding hydrogens is 304 g/mol. The third-order valence-corrected chi connectivity index (χ3v) is 4.42. The number of rotatable bonds is 4. The number of nitrogens with one attached hydrogen (secondary N) is 1. The molecule has 0 spiro atoms. The van der Waals surface area contributed by atoms with Crippen LogP contribution in [0.25, 0.3) is 11.0 Å². The maximum Gasteiger partial charge on any atom is 0.217 e. The van der Waals surface area contributed by atoms with Gasteiger partial charge >= 0.3 is 0 Å². The Balaban J connectivity index is 1.61. The predicted octanol–water partition coefficient (Wildman–Crippen LogP) is 2.10. The second-order valence-corrected chi connectivity index (χ2v) is 6.28. The standard InChI is InChI=1S/C18H24N4O2/c1-20-18(22-8-4-5-13(12-22)9-17(19)23)21-11-15-10-14-6-2-3-7-16(14)24-15/h2-3,6-7,10,13H,4-5,8-9,11-12H2,1H3,(H2,19,23)(H,20,21). The molecule has 1 aliphatic rings. The van der Waals surface area contributed by atoms with Crippen molar-refractivity contribution in [3.8, 4) is 0 Å². The minimum Gasteiger partial charge on any atom is -0.459 e. The smallest absolute Gasteiger partial charge is 0.217 e. The van der Waals surface area contributed by atoms with Gasteiger partial charge in [-0.05, 0) is 30.9 Å². The topological polar surface area (TPSA) is 83.9 Å². The van der Waals surface area contributed by atoms with Crippen LogP contribution in [0.4, 0.5) is 0 Å². The van der Waals surface area contributed by atoms with Crippen LogP contribution in [0.15, 0.2) is 39.7 Å². The number of nitrogens with zero attached hydrogens (tertiary/aromatic N) is 2. The summed E-state index contributed by atoms with van der Waals surface area (Å²) in [5.74, 6) is 1.79. The van der Waals surface area contributed by atoms with Gasteiger partial charge in [-0.3, -0.25) is 9.79 Å². The van der Waals surface area contributed by atoms with Gasteiger partial charge in [-0.25, -0.2) is 0 Å². The van der Waals surface area contributed by atoms with E-state index >= 15 is 0 Å². The summed E-state index contributed by atoms with van der Waals surface area (Å²) in [6.07, 6.45) is 2.53. The number of amides is 1. The van der Waals surface area contributed by atoms with Crippen LogP contribution in [0, 0.1) is 5.92 Å². The summed E-state index contributed by atoms with van der Waals surface area (Å²) in [5.41, 5.74) is 6.23. The van der Waals surface area contributed by atoms with Gasteiger partial charge in [0.15, 0.2) is 5.96 Å². The van der Waals surface area contributed by atoms with Gasteiger partial charge in [-0.1, -0.05) is 18.2 Å². The Morgan fingerprint density at radius 2 is 2.29 bits per heavy atom. The number of para-hydroxylation sites is 1. The van der Waals surface area contributed by atoms with Crippen LogP contribution in [-0.2, 0) is 11.3 Å². The summed E-state index contributed by atoms with van der Waals surface area (Å²) >= 11 is 0. The number of primary amides is 1. The molecule has 0 radical (unpaired) electrons. The number of aliphatic imine (C=N–C) groups is 1. The highest BCUT2D eigenvalue weighted by atomic mass is 16.3. The molecule has 6 heteroatoms. The van der Waals surface area contributed by atoms with E-state index in [1.165, 1.54) is 0 Å². The van der Waals surface area contributed by atoms with Gasteiger partial charge in [0.1, 0.15) is 11.3 Å². The maximum absolute atomic E-state index is 11.2. The highest BCUT2D eigenvalue weighted by molar-refractivity contribution is 5.81. The molecule has 1 saturated heterocycles. The number of hydrogen-bond acceptors (Lipinski definition) is 3. The SMILES string of the molecule is CN=C(NCc1cc2ccccc2o1)N1CCCC(CC(N)=O)C1. The fraction of sp³-hybridized carbons (Fsp3) is 0.444. The van der Waals surface area contributed by atoms with Crippen molar-refractivity contribution in [3.63, 3.8) is 0 Å². The van der Waals surface area contributed by atoms with Gasteiger partial charge in [0, 0.05) is 31.9 Å². The highest BCUT2D eigenvalue weighted by Crippen LogP contribution is 2.20. The first kappa shape index (κ1) is 16.4. The van der Waals surface area contributed by atoms with Crippen molar-refractivity contribution in [1.29, 1.82) is 0 Å². The third kappa shape index (κ3) is 3.88. The largest absolute Gasteiger partial charge is 0.459 e. The van der Waals surface area contributed by atoms with Crippen LogP contribution in [0.1, 0.15) is 25.0 Å². The monoisotopic (exact) mass is 328 g/mol. The van der Waals surface area contributed by atoms with Crippen LogP contribution in [-0.4, -0.2) is 36.9 Å². The zero-order valence-electron chi connectivity index (χ0n) is 14.0. The fourth-order valence-corrected chi connectivity index (χ4v) is 3.33. The molecule has 0 aliphatic carbocycles. The van der Waals surface area contributed by atoms with Crippen molar-refractivity contribution in [2.24, 2.45) is 16.6 Å². The van der Waals surface area contributed by atoms with E-state index in [9.17, 15) is 4.79 Å². The highest BCUT2D eigenvalue weighted by Gasteiger charge is 2.23. The number of nitrogens with two attached hydrogens (primary N) is 1. The molecule has 6 nitrogen and oxygen atoms in total. The lowest BCUT2D eigenvalue weighted by atomic mass is 9.95. The Bertz CT molecular complexity index is 704. The number of guanidine groups is 1. The Kier molecular flexibility index (Phi) is 5.03. The molecule has 3 N–H and O–H groups in total. The summed E-state index contributed by atoms with van der Waals surface area (Å²) in [4.78, 5) is 17.7. The summed E-state index contributed by atoms with van der Waals surface area (Å²) in [5, 5.41) is 4.46. The van der Waals surface area contributed by atoms with E-state index in [4.69, 9.17) is 10.2 Å². The van der Waals surface area contributed by atoms with E-state index in [0.717, 1.165) is 48.6 Å². The van der Waals surface area contributed by atoms with Gasteiger partial charge in [0.25, 0.3) is 0 Å². The number of piperidine rings is 1. The van der Waals surface area contributed by atoms with Crippen molar-refractivity contribution < 1.29 is 9.21 Å². The molecule has 1 aromatic heterocycles. The van der Waals surface area contributed by atoms with Crippen LogP contribution < -0.4 is 11.1 Å². The molecule has 128 valence electrons. The van der Waals surface area contributed by atoms with E-state index < -0.39 is 0 Å². The minimum atomic E-state index is -0.230. The minimum absolute atomic E-state index is 0.230. The number of carbonyl (C=O) groups excluding carboxylic acids is 1. The van der Waals surface area contributed by atoms with Crippen molar-refractivity contribution >= 4 is 22.8 Å². The van der Waals surface area contributed by atoms with E-state index in [0.29, 0.717) is 18.9 Å². The Morgan fingerprint density at radius 1 is 1.46 bits per heavy atom. The van der Waals surface area contributed by atoms with E-state index in [1.54, 1.807) is 7.05 Å². The lowest BCUT2D eigenvalue weighted by Crippen LogP contribution is -2.46. The van der Waals surface area contributed by atoms with Gasteiger partial charge in [-0.15, -0.1) is 0 Å². The molecule has 0 bridgehead atoms. The van der Waals surface area contributed by atoms with E-state index in [-0.39, 0.29) is 5.91 Å². The zero-order chi connectivity index (χ0) is 16.9. The van der Waals surface area contributed by atoms with Crippen molar-refractivity contribution in [2.45, 2.75) is 25.8 Å². The van der Waals surface area contributed by atoms with Gasteiger partial charge in [0.2, 0.25) is 5.91 Å². The van der Waals surface area contributed by atoms with Crippen LogP contribution in [0.2, 0.25) is 0 Å². The third-order valence-electron chi connectivity index (χ3n) is 4.42. The molecule has 2 aromatic rings. The first-order valence-electron chi connectivity index (χ1n) is 8.37. The predicted molar refractivity (Wildman–Crippen MR) is 94.5 cm³/mol. The quantitative estimate of drug-likeness (QED) is 0.665. The molecule has 1 aliphatic heterocycles. The Hall–Kier alpha value is -2.50. The van der Waals surface area contributed by atoms with Crippen molar-refractivity contribution in [2.75, 3.05) is 20.1 Å². The van der Waals surface area contributed by atoms with Crippen molar-refractivity contribution in [1.82, 2.24) is 10.2 Å². The summed E-state index contributed by atoms with van der Waals surface area (Å²) in [6, 6.07) is 10.0. The lowest BCUT2D eigenvalue weighted by molar-refractivity contribution is -0.119. The van der Waals surface area contributed by atoms with Gasteiger partial charge in [0.05, 0.1) is 6.54 Å². The summed E-state index contributed by atoms with van der Waals surface area (Å²) < 4.78 is 5.83. The number of carbonyl (C=O) groups is 1. The number of likely N-dealkylation sites (tertiary alicyclic amines) is 1. The number of hydrogen-bond donors (Lipinski definition) is 2. The molecule has 24 heavy (non-hydrogen) atoms. The lowest BCUT2D eigenvalue weighted by Gasteiger charge is -2.34. The number of benzene rings is 1. The molecule has 0 saturated carbocycles.